The van der Waals surface area contributed by atoms with Gasteiger partial charge in [0.15, 0.2) is 0 Å². The molecule has 0 aliphatic rings. The molecule has 0 saturated carbocycles. The molecule has 7 nitrogen and oxygen atoms in total. The summed E-state index contributed by atoms with van der Waals surface area (Å²) in [6.45, 7) is 1.86. The SMILES string of the molecule is Cc1ccc(S(=O)(=O)Oc2ccc(NC(=O)Nc3cccc(O)c3)cc2)cc1. The van der Waals surface area contributed by atoms with Gasteiger partial charge in [0.05, 0.1) is 0 Å². The Morgan fingerprint density at radius 3 is 2.18 bits per heavy atom. The molecule has 28 heavy (non-hydrogen) atoms. The topological polar surface area (TPSA) is 105 Å². The third-order valence-electron chi connectivity index (χ3n) is 3.73. The van der Waals surface area contributed by atoms with Crippen LogP contribution in [0.5, 0.6) is 11.5 Å². The van der Waals surface area contributed by atoms with E-state index in [0.29, 0.717) is 11.4 Å². The van der Waals surface area contributed by atoms with Crippen LogP contribution in [0.2, 0.25) is 0 Å². The van der Waals surface area contributed by atoms with Gasteiger partial charge in [0.1, 0.15) is 16.4 Å². The van der Waals surface area contributed by atoms with Crippen LogP contribution in [0.15, 0.2) is 77.7 Å². The number of nitrogens with one attached hydrogen (secondary N) is 2. The number of hydrogen-bond donors (Lipinski definition) is 3. The number of anilines is 2. The quantitative estimate of drug-likeness (QED) is 0.561. The van der Waals surface area contributed by atoms with Gasteiger partial charge in [0.25, 0.3) is 0 Å². The van der Waals surface area contributed by atoms with Crippen LogP contribution in [0.1, 0.15) is 5.56 Å². The van der Waals surface area contributed by atoms with Crippen molar-refractivity contribution in [3.8, 4) is 11.5 Å². The maximum Gasteiger partial charge on any atom is 0.339 e. The average molecular weight is 398 g/mol. The Labute approximate surface area is 162 Å². The van der Waals surface area contributed by atoms with E-state index in [9.17, 15) is 18.3 Å². The van der Waals surface area contributed by atoms with Gasteiger partial charge in [-0.2, -0.15) is 8.42 Å². The van der Waals surface area contributed by atoms with Gasteiger partial charge in [-0.05, 0) is 55.5 Å². The van der Waals surface area contributed by atoms with Crippen molar-refractivity contribution in [2.75, 3.05) is 10.6 Å². The molecule has 0 bridgehead atoms. The first-order valence-electron chi connectivity index (χ1n) is 8.30. The first-order chi connectivity index (χ1) is 13.3. The average Bonchev–Trinajstić information content (AvgIpc) is 2.63. The molecule has 3 aromatic rings. The summed E-state index contributed by atoms with van der Waals surface area (Å²) in [4.78, 5) is 12.0. The highest BCUT2D eigenvalue weighted by atomic mass is 32.2. The normalized spacial score (nSPS) is 10.9. The summed E-state index contributed by atoms with van der Waals surface area (Å²) in [5, 5.41) is 14.6. The standard InChI is InChI=1S/C20H18N2O5S/c1-14-5-11-19(12-6-14)28(25,26)27-18-9-7-15(8-10-18)21-20(24)22-16-3-2-4-17(23)13-16/h2-13,23H,1H3,(H2,21,22,24). The molecule has 3 N–H and O–H groups in total. The number of benzene rings is 3. The Bertz CT molecular complexity index is 1080. The molecule has 0 spiro atoms. The summed E-state index contributed by atoms with van der Waals surface area (Å²) in [7, 11) is -3.93. The van der Waals surface area contributed by atoms with E-state index in [0.717, 1.165) is 5.56 Å². The molecule has 0 atom stereocenters. The van der Waals surface area contributed by atoms with Crippen molar-refractivity contribution in [3.05, 3.63) is 78.4 Å². The van der Waals surface area contributed by atoms with E-state index in [4.69, 9.17) is 4.18 Å². The predicted molar refractivity (Wildman–Crippen MR) is 106 cm³/mol. The van der Waals surface area contributed by atoms with E-state index >= 15 is 0 Å². The lowest BCUT2D eigenvalue weighted by Gasteiger charge is -2.10. The van der Waals surface area contributed by atoms with Gasteiger partial charge in [-0.15, -0.1) is 0 Å². The maximum atomic E-state index is 12.3. The smallest absolute Gasteiger partial charge is 0.339 e. The Morgan fingerprint density at radius 1 is 0.893 bits per heavy atom. The molecule has 0 heterocycles. The van der Waals surface area contributed by atoms with E-state index in [1.165, 1.54) is 48.5 Å². The van der Waals surface area contributed by atoms with Crippen LogP contribution in [0.4, 0.5) is 16.2 Å². The first-order valence-corrected chi connectivity index (χ1v) is 9.71. The van der Waals surface area contributed by atoms with Crippen LogP contribution in [-0.4, -0.2) is 19.6 Å². The molecule has 0 unspecified atom stereocenters. The molecule has 0 aliphatic heterocycles. The Morgan fingerprint density at radius 2 is 1.54 bits per heavy atom. The summed E-state index contributed by atoms with van der Waals surface area (Å²) >= 11 is 0. The fourth-order valence-electron chi connectivity index (χ4n) is 2.35. The Kier molecular flexibility index (Phi) is 5.51. The molecular formula is C20H18N2O5S. The van der Waals surface area contributed by atoms with Crippen LogP contribution >= 0.6 is 0 Å². The van der Waals surface area contributed by atoms with Crippen molar-refractivity contribution >= 4 is 27.5 Å². The molecule has 144 valence electrons. The second-order valence-corrected chi connectivity index (χ2v) is 7.55. The summed E-state index contributed by atoms with van der Waals surface area (Å²) in [6.07, 6.45) is 0. The van der Waals surface area contributed by atoms with Crippen LogP contribution in [0.3, 0.4) is 0 Å². The highest BCUT2D eigenvalue weighted by molar-refractivity contribution is 7.87. The highest BCUT2D eigenvalue weighted by Crippen LogP contribution is 2.21. The van der Waals surface area contributed by atoms with Gasteiger partial charge in [0.2, 0.25) is 0 Å². The van der Waals surface area contributed by atoms with Gasteiger partial charge in [0, 0.05) is 17.4 Å². The minimum absolute atomic E-state index is 0.0362. The van der Waals surface area contributed by atoms with E-state index < -0.39 is 16.1 Å². The highest BCUT2D eigenvalue weighted by Gasteiger charge is 2.16. The van der Waals surface area contributed by atoms with Gasteiger partial charge in [-0.25, -0.2) is 4.79 Å². The predicted octanol–water partition coefficient (Wildman–Crippen LogP) is 4.11. The van der Waals surface area contributed by atoms with Crippen molar-refractivity contribution in [3.63, 3.8) is 0 Å². The summed E-state index contributed by atoms with van der Waals surface area (Å²) in [5.41, 5.74) is 1.82. The molecule has 0 aliphatic carbocycles. The fourth-order valence-corrected chi connectivity index (χ4v) is 3.28. The van der Waals surface area contributed by atoms with Crippen molar-refractivity contribution in [2.24, 2.45) is 0 Å². The third-order valence-corrected chi connectivity index (χ3v) is 4.99. The molecule has 0 fully saturated rings. The van der Waals surface area contributed by atoms with Gasteiger partial charge < -0.3 is 19.9 Å². The monoisotopic (exact) mass is 398 g/mol. The summed E-state index contributed by atoms with van der Waals surface area (Å²) < 4.78 is 29.7. The van der Waals surface area contributed by atoms with Crippen LogP contribution < -0.4 is 14.8 Å². The number of rotatable bonds is 5. The molecule has 0 aromatic heterocycles. The number of phenolic OH excluding ortho intramolecular Hbond substituents is 1. The lowest BCUT2D eigenvalue weighted by atomic mass is 10.2. The minimum Gasteiger partial charge on any atom is -0.508 e. The van der Waals surface area contributed by atoms with Crippen molar-refractivity contribution in [1.29, 1.82) is 0 Å². The maximum absolute atomic E-state index is 12.3. The van der Waals surface area contributed by atoms with Crippen molar-refractivity contribution in [2.45, 2.75) is 11.8 Å². The van der Waals surface area contributed by atoms with Crippen molar-refractivity contribution in [1.82, 2.24) is 0 Å². The molecule has 2 amide bonds. The lowest BCUT2D eigenvalue weighted by Crippen LogP contribution is -2.19. The zero-order chi connectivity index (χ0) is 20.1. The number of hydrogen-bond acceptors (Lipinski definition) is 5. The number of urea groups is 1. The molecular weight excluding hydrogens is 380 g/mol. The molecule has 0 saturated heterocycles. The Hall–Kier alpha value is -3.52. The zero-order valence-corrected chi connectivity index (χ0v) is 15.7. The molecule has 0 radical (unpaired) electrons. The number of aromatic hydroxyl groups is 1. The van der Waals surface area contributed by atoms with Gasteiger partial charge in [-0.1, -0.05) is 23.8 Å². The van der Waals surface area contributed by atoms with E-state index in [-0.39, 0.29) is 16.4 Å². The summed E-state index contributed by atoms with van der Waals surface area (Å²) in [6, 6.07) is 17.9. The van der Waals surface area contributed by atoms with E-state index in [1.807, 2.05) is 6.92 Å². The number of phenols is 1. The second-order valence-electron chi connectivity index (χ2n) is 6.00. The van der Waals surface area contributed by atoms with E-state index in [2.05, 4.69) is 10.6 Å². The Balaban J connectivity index is 1.63. The zero-order valence-electron chi connectivity index (χ0n) is 14.9. The fraction of sp³-hybridized carbons (Fsp3) is 0.0500. The van der Waals surface area contributed by atoms with Crippen LogP contribution in [0.25, 0.3) is 0 Å². The number of amides is 2. The van der Waals surface area contributed by atoms with Gasteiger partial charge >= 0.3 is 16.1 Å². The first kappa shape index (κ1) is 19.2. The second kappa shape index (κ2) is 8.01. The molecule has 3 rings (SSSR count). The van der Waals surface area contributed by atoms with Crippen molar-refractivity contribution < 1.29 is 22.5 Å². The van der Waals surface area contributed by atoms with Gasteiger partial charge in [-0.3, -0.25) is 0 Å². The largest absolute Gasteiger partial charge is 0.508 e. The molecule has 3 aromatic carbocycles. The lowest BCUT2D eigenvalue weighted by molar-refractivity contribution is 0.262. The van der Waals surface area contributed by atoms with Crippen LogP contribution in [-0.2, 0) is 10.1 Å². The number of carbonyl (C=O) groups is 1. The number of aryl methyl sites for hydroxylation is 1. The minimum atomic E-state index is -3.93. The summed E-state index contributed by atoms with van der Waals surface area (Å²) in [5.74, 6) is 0.161. The van der Waals surface area contributed by atoms with E-state index in [1.54, 1.807) is 24.3 Å². The number of carbonyl (C=O) groups excluding carboxylic acids is 1. The molecule has 8 heteroatoms. The van der Waals surface area contributed by atoms with Crippen LogP contribution in [0, 0.1) is 6.92 Å². The third kappa shape index (κ3) is 5.01.